The SMILES string of the molecule is Cc1ccc(S(=O)(=O)N(CC(=O)Nc2ccc(F)cc2)Cc2ccco2)cc1. The Hall–Kier alpha value is -2.97. The van der Waals surface area contributed by atoms with E-state index in [2.05, 4.69) is 5.32 Å². The molecule has 3 rings (SSSR count). The van der Waals surface area contributed by atoms with Crippen LogP contribution < -0.4 is 5.32 Å². The Morgan fingerprint density at radius 3 is 2.36 bits per heavy atom. The number of aryl methyl sites for hydroxylation is 1. The molecule has 146 valence electrons. The first-order valence-electron chi connectivity index (χ1n) is 8.49. The summed E-state index contributed by atoms with van der Waals surface area (Å²) in [5.41, 5.74) is 1.29. The van der Waals surface area contributed by atoms with E-state index in [9.17, 15) is 17.6 Å². The standard InChI is InChI=1S/C20H19FN2O4S/c1-15-4-10-19(11-5-15)28(25,26)23(13-18-3-2-12-27-18)14-20(24)22-17-8-6-16(21)7-9-17/h2-12H,13-14H2,1H3,(H,22,24). The van der Waals surface area contributed by atoms with Crippen LogP contribution in [0.4, 0.5) is 10.1 Å². The minimum Gasteiger partial charge on any atom is -0.468 e. The fourth-order valence-corrected chi connectivity index (χ4v) is 3.92. The van der Waals surface area contributed by atoms with Gasteiger partial charge in [-0.3, -0.25) is 4.79 Å². The lowest BCUT2D eigenvalue weighted by atomic mass is 10.2. The van der Waals surface area contributed by atoms with E-state index in [1.807, 2.05) is 6.92 Å². The van der Waals surface area contributed by atoms with Crippen molar-refractivity contribution in [3.63, 3.8) is 0 Å². The topological polar surface area (TPSA) is 79.6 Å². The summed E-state index contributed by atoms with van der Waals surface area (Å²) < 4.78 is 45.4. The van der Waals surface area contributed by atoms with E-state index in [0.29, 0.717) is 11.4 Å². The quantitative estimate of drug-likeness (QED) is 0.655. The molecule has 1 aromatic heterocycles. The third-order valence-electron chi connectivity index (χ3n) is 4.02. The van der Waals surface area contributed by atoms with E-state index in [1.165, 1.54) is 42.7 Å². The van der Waals surface area contributed by atoms with Gasteiger partial charge >= 0.3 is 0 Å². The Bertz CT molecular complexity index is 1030. The van der Waals surface area contributed by atoms with Gasteiger partial charge in [-0.25, -0.2) is 12.8 Å². The number of hydrogen-bond acceptors (Lipinski definition) is 4. The predicted octanol–water partition coefficient (Wildman–Crippen LogP) is 3.56. The second kappa shape index (κ2) is 8.37. The lowest BCUT2D eigenvalue weighted by Gasteiger charge is -2.21. The van der Waals surface area contributed by atoms with Gasteiger partial charge in [0.15, 0.2) is 0 Å². The molecule has 0 atom stereocenters. The number of sulfonamides is 1. The number of nitrogens with zero attached hydrogens (tertiary/aromatic N) is 1. The summed E-state index contributed by atoms with van der Waals surface area (Å²) in [6.45, 7) is 1.33. The van der Waals surface area contributed by atoms with Gasteiger partial charge in [0.05, 0.1) is 24.2 Å². The smallest absolute Gasteiger partial charge is 0.243 e. The molecule has 28 heavy (non-hydrogen) atoms. The third-order valence-corrected chi connectivity index (χ3v) is 5.82. The zero-order valence-corrected chi connectivity index (χ0v) is 15.9. The maximum absolute atomic E-state index is 13.1. The maximum atomic E-state index is 13.1. The normalized spacial score (nSPS) is 11.5. The van der Waals surface area contributed by atoms with Gasteiger partial charge in [0.25, 0.3) is 0 Å². The molecule has 3 aromatic rings. The van der Waals surface area contributed by atoms with Crippen LogP contribution in [0, 0.1) is 12.7 Å². The molecule has 0 fully saturated rings. The van der Waals surface area contributed by atoms with E-state index in [0.717, 1.165) is 9.87 Å². The number of furan rings is 1. The molecule has 6 nitrogen and oxygen atoms in total. The lowest BCUT2D eigenvalue weighted by molar-refractivity contribution is -0.116. The first-order valence-corrected chi connectivity index (χ1v) is 9.93. The van der Waals surface area contributed by atoms with E-state index < -0.39 is 28.3 Å². The first kappa shape index (κ1) is 19.8. The Labute approximate surface area is 162 Å². The van der Waals surface area contributed by atoms with Crippen molar-refractivity contribution in [2.24, 2.45) is 0 Å². The number of carbonyl (C=O) groups is 1. The van der Waals surface area contributed by atoms with Gasteiger partial charge in [-0.15, -0.1) is 0 Å². The number of amides is 1. The fraction of sp³-hybridized carbons (Fsp3) is 0.150. The van der Waals surface area contributed by atoms with E-state index >= 15 is 0 Å². The Kier molecular flexibility index (Phi) is 5.91. The van der Waals surface area contributed by atoms with Crippen LogP contribution in [0.5, 0.6) is 0 Å². The molecule has 0 unspecified atom stereocenters. The highest BCUT2D eigenvalue weighted by Gasteiger charge is 2.27. The summed E-state index contributed by atoms with van der Waals surface area (Å²) >= 11 is 0. The molecule has 0 spiro atoms. The van der Waals surface area contributed by atoms with Crippen molar-refractivity contribution >= 4 is 21.6 Å². The number of rotatable bonds is 7. The Morgan fingerprint density at radius 2 is 1.75 bits per heavy atom. The lowest BCUT2D eigenvalue weighted by Crippen LogP contribution is -2.37. The van der Waals surface area contributed by atoms with E-state index in [1.54, 1.807) is 24.3 Å². The second-order valence-electron chi connectivity index (χ2n) is 6.22. The maximum Gasteiger partial charge on any atom is 0.243 e. The van der Waals surface area contributed by atoms with E-state index in [4.69, 9.17) is 4.42 Å². The molecule has 8 heteroatoms. The van der Waals surface area contributed by atoms with Crippen molar-refractivity contribution in [3.05, 3.63) is 84.1 Å². The van der Waals surface area contributed by atoms with Crippen LogP contribution in [0.1, 0.15) is 11.3 Å². The van der Waals surface area contributed by atoms with Crippen LogP contribution in [0.25, 0.3) is 0 Å². The zero-order valence-electron chi connectivity index (χ0n) is 15.1. The van der Waals surface area contributed by atoms with Crippen molar-refractivity contribution in [2.45, 2.75) is 18.4 Å². The molecule has 2 aromatic carbocycles. The fourth-order valence-electron chi connectivity index (χ4n) is 2.56. The van der Waals surface area contributed by atoms with E-state index in [-0.39, 0.29) is 11.4 Å². The van der Waals surface area contributed by atoms with Crippen molar-refractivity contribution < 1.29 is 22.0 Å². The molecule has 1 heterocycles. The van der Waals surface area contributed by atoms with Crippen molar-refractivity contribution in [1.82, 2.24) is 4.31 Å². The number of hydrogen-bond donors (Lipinski definition) is 1. The number of nitrogens with one attached hydrogen (secondary N) is 1. The van der Waals surface area contributed by atoms with Crippen LogP contribution >= 0.6 is 0 Å². The molecule has 0 radical (unpaired) electrons. The Morgan fingerprint density at radius 1 is 1.07 bits per heavy atom. The van der Waals surface area contributed by atoms with Crippen LogP contribution in [-0.2, 0) is 21.4 Å². The minimum atomic E-state index is -3.94. The summed E-state index contributed by atoms with van der Waals surface area (Å²) in [6, 6.07) is 14.9. The molecular formula is C20H19FN2O4S. The largest absolute Gasteiger partial charge is 0.468 e. The average molecular weight is 402 g/mol. The molecule has 0 aliphatic carbocycles. The molecule has 1 N–H and O–H groups in total. The van der Waals surface area contributed by atoms with Gasteiger partial charge in [0, 0.05) is 5.69 Å². The highest BCUT2D eigenvalue weighted by Crippen LogP contribution is 2.19. The van der Waals surface area contributed by atoms with Gasteiger partial charge < -0.3 is 9.73 Å². The van der Waals surface area contributed by atoms with Gasteiger partial charge in [-0.05, 0) is 55.5 Å². The number of halogens is 1. The Balaban J connectivity index is 1.83. The molecule has 0 bridgehead atoms. The molecule has 0 saturated carbocycles. The monoisotopic (exact) mass is 402 g/mol. The third kappa shape index (κ3) is 4.85. The van der Waals surface area contributed by atoms with Crippen molar-refractivity contribution in [2.75, 3.05) is 11.9 Å². The summed E-state index contributed by atoms with van der Waals surface area (Å²) in [5.74, 6) is -0.571. The predicted molar refractivity (Wildman–Crippen MR) is 103 cm³/mol. The summed E-state index contributed by atoms with van der Waals surface area (Å²) in [6.07, 6.45) is 1.44. The molecule has 0 saturated heterocycles. The summed E-state index contributed by atoms with van der Waals surface area (Å²) in [7, 11) is -3.94. The van der Waals surface area contributed by atoms with Crippen LogP contribution in [0.3, 0.4) is 0 Å². The van der Waals surface area contributed by atoms with Crippen LogP contribution in [0.15, 0.2) is 76.2 Å². The molecule has 1 amide bonds. The van der Waals surface area contributed by atoms with Gasteiger partial charge in [0.2, 0.25) is 15.9 Å². The zero-order chi connectivity index (χ0) is 20.1. The van der Waals surface area contributed by atoms with Gasteiger partial charge in [-0.2, -0.15) is 4.31 Å². The number of benzene rings is 2. The molecule has 0 aliphatic heterocycles. The van der Waals surface area contributed by atoms with Crippen LogP contribution in [0.2, 0.25) is 0 Å². The first-order chi connectivity index (χ1) is 13.3. The van der Waals surface area contributed by atoms with Gasteiger partial charge in [-0.1, -0.05) is 17.7 Å². The molecule has 0 aliphatic rings. The number of anilines is 1. The van der Waals surface area contributed by atoms with Crippen LogP contribution in [-0.4, -0.2) is 25.2 Å². The summed E-state index contributed by atoms with van der Waals surface area (Å²) in [5, 5.41) is 2.57. The van der Waals surface area contributed by atoms with Gasteiger partial charge in [0.1, 0.15) is 11.6 Å². The minimum absolute atomic E-state index is 0.0826. The van der Waals surface area contributed by atoms with Crippen molar-refractivity contribution in [1.29, 1.82) is 0 Å². The summed E-state index contributed by atoms with van der Waals surface area (Å²) in [4.78, 5) is 12.5. The highest BCUT2D eigenvalue weighted by atomic mass is 32.2. The number of carbonyl (C=O) groups excluding carboxylic acids is 1. The molecular weight excluding hydrogens is 383 g/mol. The highest BCUT2D eigenvalue weighted by molar-refractivity contribution is 7.89. The second-order valence-corrected chi connectivity index (χ2v) is 8.16. The average Bonchev–Trinajstić information content (AvgIpc) is 3.17. The van der Waals surface area contributed by atoms with Crippen molar-refractivity contribution in [3.8, 4) is 0 Å².